The first-order chi connectivity index (χ1) is 29.7. The number of rotatable bonds is 18. The van der Waals surface area contributed by atoms with Crippen LogP contribution in [0.1, 0.15) is 83.9 Å². The number of carbonyl (C=O) groups is 5. The number of benzene rings is 1. The van der Waals surface area contributed by atoms with Gasteiger partial charge in [0.15, 0.2) is 6.23 Å². The summed E-state index contributed by atoms with van der Waals surface area (Å²) in [5, 5.41) is 30.1. The molecule has 5 amide bonds. The molecule has 8 rings (SSSR count). The SMILES string of the molecule is O=C1CCC(N2C(=O)c3c(NCCOCCOCCNC(=O)[C@H]4CC[C@H](NC(=O)c5cnc(Nc6ccc7cnccc7n6)cc5NC5CC5)CC4)cccc3C2O)C(=O)N1. The van der Waals surface area contributed by atoms with Crippen LogP contribution in [0.15, 0.2) is 61.1 Å². The molecular formula is C43H50N10O8. The van der Waals surface area contributed by atoms with Crippen molar-refractivity contribution < 1.29 is 38.6 Å². The van der Waals surface area contributed by atoms with Crippen LogP contribution >= 0.6 is 0 Å². The molecule has 7 N–H and O–H groups in total. The summed E-state index contributed by atoms with van der Waals surface area (Å²) in [5.74, 6) is -0.595. The fourth-order valence-corrected chi connectivity index (χ4v) is 7.99. The summed E-state index contributed by atoms with van der Waals surface area (Å²) in [4.78, 5) is 78.1. The molecule has 1 saturated heterocycles. The van der Waals surface area contributed by atoms with Crippen molar-refractivity contribution in [2.75, 3.05) is 55.5 Å². The topological polar surface area (TPSA) is 238 Å². The molecule has 0 bridgehead atoms. The number of aromatic nitrogens is 3. The van der Waals surface area contributed by atoms with Crippen molar-refractivity contribution in [2.45, 2.75) is 75.7 Å². The number of aliphatic hydroxyl groups excluding tert-OH is 1. The summed E-state index contributed by atoms with van der Waals surface area (Å²) < 4.78 is 11.3. The zero-order chi connectivity index (χ0) is 42.3. The monoisotopic (exact) mass is 834 g/mol. The normalized spacial score (nSPS) is 21.1. The molecule has 2 saturated carbocycles. The van der Waals surface area contributed by atoms with Gasteiger partial charge in [0, 0.05) is 78.8 Å². The van der Waals surface area contributed by atoms with E-state index in [1.54, 1.807) is 36.8 Å². The van der Waals surface area contributed by atoms with Gasteiger partial charge in [-0.15, -0.1) is 0 Å². The Morgan fingerprint density at radius 2 is 1.64 bits per heavy atom. The summed E-state index contributed by atoms with van der Waals surface area (Å²) in [5.41, 5.74) is 3.22. The predicted molar refractivity (Wildman–Crippen MR) is 224 cm³/mol. The van der Waals surface area contributed by atoms with Gasteiger partial charge < -0.3 is 41.2 Å². The van der Waals surface area contributed by atoms with Crippen LogP contribution in [-0.4, -0.2) is 112 Å². The lowest BCUT2D eigenvalue weighted by Gasteiger charge is -2.31. The van der Waals surface area contributed by atoms with Crippen molar-refractivity contribution in [2.24, 2.45) is 5.92 Å². The molecule has 18 heteroatoms. The zero-order valence-corrected chi connectivity index (χ0v) is 33.7. The molecule has 5 heterocycles. The van der Waals surface area contributed by atoms with E-state index in [0.29, 0.717) is 105 Å². The van der Waals surface area contributed by atoms with E-state index in [4.69, 9.17) is 9.47 Å². The summed E-state index contributed by atoms with van der Waals surface area (Å²) in [7, 11) is 0. The summed E-state index contributed by atoms with van der Waals surface area (Å²) in [6.07, 6.45) is 8.83. The largest absolute Gasteiger partial charge is 0.382 e. The third kappa shape index (κ3) is 10.0. The molecule has 0 radical (unpaired) electrons. The number of nitrogens with zero attached hydrogens (tertiary/aromatic N) is 4. The third-order valence-electron chi connectivity index (χ3n) is 11.4. The van der Waals surface area contributed by atoms with E-state index in [9.17, 15) is 29.1 Å². The number of imide groups is 1. The van der Waals surface area contributed by atoms with Crippen molar-refractivity contribution in [3.8, 4) is 0 Å². The Kier molecular flexibility index (Phi) is 12.9. The van der Waals surface area contributed by atoms with Crippen molar-refractivity contribution in [3.05, 3.63) is 77.7 Å². The van der Waals surface area contributed by atoms with Crippen LogP contribution in [0, 0.1) is 5.92 Å². The van der Waals surface area contributed by atoms with Crippen molar-refractivity contribution in [1.29, 1.82) is 0 Å². The van der Waals surface area contributed by atoms with E-state index < -0.39 is 30.0 Å². The maximum absolute atomic E-state index is 13.5. The van der Waals surface area contributed by atoms with Crippen molar-refractivity contribution >= 4 is 63.4 Å². The van der Waals surface area contributed by atoms with Crippen molar-refractivity contribution in [3.63, 3.8) is 0 Å². The minimum atomic E-state index is -1.29. The molecule has 3 aromatic heterocycles. The minimum absolute atomic E-state index is 0.0184. The molecule has 4 aromatic rings. The number of anilines is 4. The maximum Gasteiger partial charge on any atom is 0.259 e. The third-order valence-corrected chi connectivity index (χ3v) is 11.4. The number of pyridine rings is 3. The van der Waals surface area contributed by atoms with Crippen LogP contribution in [0.3, 0.4) is 0 Å². The van der Waals surface area contributed by atoms with Gasteiger partial charge in [0.05, 0.1) is 48.8 Å². The Morgan fingerprint density at radius 3 is 2.43 bits per heavy atom. The lowest BCUT2D eigenvalue weighted by Crippen LogP contribution is -2.53. The highest BCUT2D eigenvalue weighted by atomic mass is 16.5. The number of carbonyl (C=O) groups excluding carboxylic acids is 5. The summed E-state index contributed by atoms with van der Waals surface area (Å²) in [6, 6.07) is 11.9. The highest BCUT2D eigenvalue weighted by molar-refractivity contribution is 6.08. The van der Waals surface area contributed by atoms with Gasteiger partial charge in [0.2, 0.25) is 17.7 Å². The molecule has 1 aromatic carbocycles. The second-order valence-electron chi connectivity index (χ2n) is 15.7. The van der Waals surface area contributed by atoms with Gasteiger partial charge in [0.1, 0.15) is 17.7 Å². The number of fused-ring (bicyclic) bond motifs is 2. The second-order valence-corrected chi connectivity index (χ2v) is 15.7. The summed E-state index contributed by atoms with van der Waals surface area (Å²) >= 11 is 0. The smallest absolute Gasteiger partial charge is 0.259 e. The predicted octanol–water partition coefficient (Wildman–Crippen LogP) is 3.14. The zero-order valence-electron chi connectivity index (χ0n) is 33.7. The number of amides is 5. The average Bonchev–Trinajstić information content (AvgIpc) is 4.05. The van der Waals surface area contributed by atoms with E-state index in [2.05, 4.69) is 46.9 Å². The van der Waals surface area contributed by atoms with Gasteiger partial charge in [-0.1, -0.05) is 12.1 Å². The lowest BCUT2D eigenvalue weighted by atomic mass is 9.85. The van der Waals surface area contributed by atoms with Crippen molar-refractivity contribution in [1.82, 2.24) is 35.8 Å². The maximum atomic E-state index is 13.5. The van der Waals surface area contributed by atoms with E-state index >= 15 is 0 Å². The molecule has 2 aliphatic heterocycles. The lowest BCUT2D eigenvalue weighted by molar-refractivity contribution is -0.139. The van der Waals surface area contributed by atoms with Gasteiger partial charge in [0.25, 0.3) is 11.8 Å². The first-order valence-corrected chi connectivity index (χ1v) is 20.9. The number of piperidine rings is 1. The number of hydrogen-bond donors (Lipinski definition) is 7. The van der Waals surface area contributed by atoms with Crippen LogP contribution in [0.5, 0.6) is 0 Å². The quantitative estimate of drug-likeness (QED) is 0.0564. The second kappa shape index (κ2) is 19.0. The Balaban J connectivity index is 0.700. The number of aliphatic hydroxyl groups is 1. The van der Waals surface area contributed by atoms with E-state index in [-0.39, 0.29) is 36.6 Å². The Hall–Kier alpha value is -6.24. The standard InChI is InChI=1S/C43H50N10O8/c54-37-13-11-34(41(57)52-37)53-42(58)29-2-1-3-32(38(29)43(53)59)45-16-18-60-20-21-61-19-17-46-39(55)25-4-7-28(8-5-25)49-40(56)30-24-47-36(22-33(30)48-27-9-10-27)51-35-12-6-26-23-44-15-14-31(26)50-35/h1-3,6,12,14-15,22-25,27-28,34,42,45,58H,4-5,7-11,13,16-21H2,(H,46,55)(H,49,56)(H,52,54,57)(H2,47,48,50,51)/t25-,28-,34?,42?. The van der Waals surface area contributed by atoms with Crippen LogP contribution in [0.4, 0.5) is 23.0 Å². The molecule has 0 spiro atoms. The van der Waals surface area contributed by atoms with Gasteiger partial charge in [-0.25, -0.2) is 9.97 Å². The Morgan fingerprint density at radius 1 is 0.852 bits per heavy atom. The average molecular weight is 835 g/mol. The minimum Gasteiger partial charge on any atom is -0.382 e. The molecular weight excluding hydrogens is 785 g/mol. The first-order valence-electron chi connectivity index (χ1n) is 20.9. The molecule has 61 heavy (non-hydrogen) atoms. The molecule has 2 aliphatic carbocycles. The van der Waals surface area contributed by atoms with Crippen LogP contribution in [0.2, 0.25) is 0 Å². The number of nitrogens with one attached hydrogen (secondary N) is 6. The fourth-order valence-electron chi connectivity index (χ4n) is 7.99. The highest BCUT2D eigenvalue weighted by Crippen LogP contribution is 2.39. The van der Waals surface area contributed by atoms with E-state index in [0.717, 1.165) is 34.3 Å². The molecule has 2 unspecified atom stereocenters. The molecule has 3 fully saturated rings. The highest BCUT2D eigenvalue weighted by Gasteiger charge is 2.45. The first kappa shape index (κ1) is 41.5. The fraction of sp³-hybridized carbons (Fsp3) is 0.442. The van der Waals surface area contributed by atoms with E-state index in [1.807, 2.05) is 24.3 Å². The summed E-state index contributed by atoms with van der Waals surface area (Å²) in [6.45, 7) is 2.07. The molecule has 4 aliphatic rings. The van der Waals surface area contributed by atoms with Gasteiger partial charge in [-0.05, 0) is 69.2 Å². The molecule has 320 valence electrons. The number of hydrogen-bond acceptors (Lipinski definition) is 14. The Labute approximate surface area is 352 Å². The van der Waals surface area contributed by atoms with Gasteiger partial charge in [-0.3, -0.25) is 39.2 Å². The van der Waals surface area contributed by atoms with Crippen LogP contribution in [0.25, 0.3) is 10.9 Å². The van der Waals surface area contributed by atoms with Gasteiger partial charge >= 0.3 is 0 Å². The van der Waals surface area contributed by atoms with E-state index in [1.165, 1.54) is 0 Å². The van der Waals surface area contributed by atoms with Gasteiger partial charge in [-0.2, -0.15) is 0 Å². The Bertz CT molecular complexity index is 2280. The van der Waals surface area contributed by atoms with Crippen LogP contribution in [-0.2, 0) is 23.9 Å². The molecule has 2 atom stereocenters. The van der Waals surface area contributed by atoms with Crippen LogP contribution < -0.4 is 31.9 Å². The number of ether oxygens (including phenoxy) is 2. The molecule has 18 nitrogen and oxygen atoms in total.